The van der Waals surface area contributed by atoms with Crippen molar-refractivity contribution in [3.63, 3.8) is 0 Å². The third-order valence-corrected chi connectivity index (χ3v) is 3.90. The van der Waals surface area contributed by atoms with Gasteiger partial charge in [0, 0.05) is 6.07 Å². The van der Waals surface area contributed by atoms with Gasteiger partial charge in [0.2, 0.25) is 0 Å². The van der Waals surface area contributed by atoms with Crippen LogP contribution in [0.2, 0.25) is 0 Å². The van der Waals surface area contributed by atoms with E-state index in [2.05, 4.69) is 22.8 Å². The molecule has 138 valence electrons. The Morgan fingerprint density at radius 3 is 2.56 bits per heavy atom. The van der Waals surface area contributed by atoms with Crippen LogP contribution in [0, 0.1) is 21.7 Å². The molecule has 1 aromatic heterocycles. The molecule has 2 aromatic carbocycles. The molecule has 3 aromatic rings. The Balaban J connectivity index is 1.85. The third kappa shape index (κ3) is 4.29. The Labute approximate surface area is 157 Å². The van der Waals surface area contributed by atoms with Gasteiger partial charge in [-0.15, -0.1) is 0 Å². The quantitative estimate of drug-likeness (QED) is 0.385. The second kappa shape index (κ2) is 7.96. The molecule has 0 spiro atoms. The van der Waals surface area contributed by atoms with Gasteiger partial charge in [-0.05, 0) is 23.8 Å². The zero-order valence-electron chi connectivity index (χ0n) is 13.6. The Morgan fingerprint density at radius 1 is 1.15 bits per heavy atom. The van der Waals surface area contributed by atoms with Crippen molar-refractivity contribution in [3.8, 4) is 6.01 Å². The summed E-state index contributed by atoms with van der Waals surface area (Å²) < 4.78 is 33.4. The minimum absolute atomic E-state index is 0.0312. The van der Waals surface area contributed by atoms with Gasteiger partial charge in [-0.1, -0.05) is 37.1 Å². The number of anilines is 2. The SMILES string of the molecule is O=[N+]([O-])c1ccccc1N(S)c1nc(OCc2ccc(F)cc2)ncc1F. The average molecular weight is 390 g/mol. The van der Waals surface area contributed by atoms with Crippen LogP contribution >= 0.6 is 12.8 Å². The predicted molar refractivity (Wildman–Crippen MR) is 96.9 cm³/mol. The monoisotopic (exact) mass is 390 g/mol. The second-order valence-corrected chi connectivity index (χ2v) is 5.70. The van der Waals surface area contributed by atoms with Gasteiger partial charge >= 0.3 is 6.01 Å². The van der Waals surface area contributed by atoms with Gasteiger partial charge in [0.05, 0.1) is 11.1 Å². The maximum absolute atomic E-state index is 14.2. The van der Waals surface area contributed by atoms with Gasteiger partial charge in [0.25, 0.3) is 5.69 Å². The molecule has 0 bridgehead atoms. The topological polar surface area (TPSA) is 81.4 Å². The van der Waals surface area contributed by atoms with E-state index in [0.717, 1.165) is 10.5 Å². The maximum Gasteiger partial charge on any atom is 0.318 e. The van der Waals surface area contributed by atoms with Crippen LogP contribution in [-0.2, 0) is 6.61 Å². The van der Waals surface area contributed by atoms with Crippen molar-refractivity contribution in [2.75, 3.05) is 4.31 Å². The zero-order valence-corrected chi connectivity index (χ0v) is 14.5. The van der Waals surface area contributed by atoms with E-state index in [9.17, 15) is 18.9 Å². The van der Waals surface area contributed by atoms with Gasteiger partial charge < -0.3 is 4.74 Å². The number of nitrogens with zero attached hydrogens (tertiary/aromatic N) is 4. The summed E-state index contributed by atoms with van der Waals surface area (Å²) in [7, 11) is 0. The van der Waals surface area contributed by atoms with Crippen molar-refractivity contribution in [1.82, 2.24) is 9.97 Å². The van der Waals surface area contributed by atoms with E-state index in [1.807, 2.05) is 0 Å². The van der Waals surface area contributed by atoms with Gasteiger partial charge in [-0.3, -0.25) is 14.4 Å². The number of hydrogen-bond donors (Lipinski definition) is 1. The highest BCUT2D eigenvalue weighted by molar-refractivity contribution is 7.82. The van der Waals surface area contributed by atoms with Gasteiger partial charge in [-0.25, -0.2) is 13.8 Å². The second-order valence-electron chi connectivity index (χ2n) is 5.30. The Hall–Kier alpha value is -3.27. The van der Waals surface area contributed by atoms with Crippen LogP contribution in [0.3, 0.4) is 0 Å². The summed E-state index contributed by atoms with van der Waals surface area (Å²) in [6.07, 6.45) is 0.875. The molecular formula is C17H12F2N4O3S. The molecule has 0 atom stereocenters. The molecule has 27 heavy (non-hydrogen) atoms. The Morgan fingerprint density at radius 2 is 1.85 bits per heavy atom. The molecule has 0 saturated carbocycles. The molecule has 0 saturated heterocycles. The molecule has 10 heteroatoms. The predicted octanol–water partition coefficient (Wildman–Crippen LogP) is 4.22. The number of rotatable bonds is 6. The molecule has 0 unspecified atom stereocenters. The number of nitro benzene ring substituents is 1. The molecule has 7 nitrogen and oxygen atoms in total. The number of ether oxygens (including phenoxy) is 1. The molecule has 1 heterocycles. The van der Waals surface area contributed by atoms with E-state index >= 15 is 0 Å². The smallest absolute Gasteiger partial charge is 0.318 e. The van der Waals surface area contributed by atoms with Crippen LogP contribution < -0.4 is 9.04 Å². The molecule has 0 aliphatic carbocycles. The van der Waals surface area contributed by atoms with Crippen LogP contribution in [0.1, 0.15) is 5.56 Å². The summed E-state index contributed by atoms with van der Waals surface area (Å²) >= 11 is 4.14. The number of benzene rings is 2. The van der Waals surface area contributed by atoms with E-state index in [1.165, 1.54) is 42.5 Å². The normalized spacial score (nSPS) is 10.5. The van der Waals surface area contributed by atoms with Crippen molar-refractivity contribution >= 4 is 30.0 Å². The Kier molecular flexibility index (Phi) is 5.46. The summed E-state index contributed by atoms with van der Waals surface area (Å²) in [4.78, 5) is 18.2. The third-order valence-electron chi connectivity index (χ3n) is 3.49. The summed E-state index contributed by atoms with van der Waals surface area (Å²) in [5, 5.41) is 11.2. The largest absolute Gasteiger partial charge is 0.459 e. The first-order valence-corrected chi connectivity index (χ1v) is 7.98. The van der Waals surface area contributed by atoms with E-state index < -0.39 is 10.7 Å². The molecule has 0 amide bonds. The molecule has 0 fully saturated rings. The number of para-hydroxylation sites is 2. The highest BCUT2D eigenvalue weighted by atomic mass is 32.1. The highest BCUT2D eigenvalue weighted by Crippen LogP contribution is 2.35. The first-order chi connectivity index (χ1) is 13.0. The number of thiol groups is 1. The number of hydrogen-bond acceptors (Lipinski definition) is 7. The fraction of sp³-hybridized carbons (Fsp3) is 0.0588. The first kappa shape index (κ1) is 18.5. The van der Waals surface area contributed by atoms with Crippen molar-refractivity contribution in [2.24, 2.45) is 0 Å². The minimum Gasteiger partial charge on any atom is -0.459 e. The molecule has 0 aliphatic rings. The molecule has 0 radical (unpaired) electrons. The van der Waals surface area contributed by atoms with Gasteiger partial charge in [-0.2, -0.15) is 4.98 Å². The summed E-state index contributed by atoms with van der Waals surface area (Å²) in [6, 6.07) is 11.2. The molecule has 0 N–H and O–H groups in total. The fourth-order valence-corrected chi connectivity index (χ4v) is 2.51. The lowest BCUT2D eigenvalue weighted by Crippen LogP contribution is -2.11. The standard InChI is InChI=1S/C17H12F2N4O3S/c18-12-7-5-11(6-8-12)10-26-17-20-9-13(19)16(21-17)22(27)14-3-1-2-4-15(14)23(24)25/h1-9,27H,10H2. The highest BCUT2D eigenvalue weighted by Gasteiger charge is 2.22. The maximum atomic E-state index is 14.2. The molecule has 3 rings (SSSR count). The lowest BCUT2D eigenvalue weighted by molar-refractivity contribution is -0.384. The zero-order chi connectivity index (χ0) is 19.4. The summed E-state index contributed by atoms with van der Waals surface area (Å²) in [5.74, 6) is -1.52. The summed E-state index contributed by atoms with van der Waals surface area (Å²) in [5.41, 5.74) is 0.430. The Bertz CT molecular complexity index is 973. The van der Waals surface area contributed by atoms with Gasteiger partial charge in [0.1, 0.15) is 18.1 Å². The lowest BCUT2D eigenvalue weighted by atomic mass is 10.2. The van der Waals surface area contributed by atoms with Gasteiger partial charge in [0.15, 0.2) is 11.6 Å². The van der Waals surface area contributed by atoms with E-state index in [1.54, 1.807) is 6.07 Å². The molecular weight excluding hydrogens is 378 g/mol. The van der Waals surface area contributed by atoms with Crippen molar-refractivity contribution in [2.45, 2.75) is 6.61 Å². The van der Waals surface area contributed by atoms with Crippen LogP contribution in [0.25, 0.3) is 0 Å². The summed E-state index contributed by atoms with van der Waals surface area (Å²) in [6.45, 7) is 0.0312. The van der Waals surface area contributed by atoms with Crippen LogP contribution in [0.4, 0.5) is 26.0 Å². The van der Waals surface area contributed by atoms with Crippen LogP contribution in [-0.4, -0.2) is 14.9 Å². The first-order valence-electron chi connectivity index (χ1n) is 7.58. The number of nitro groups is 1. The van der Waals surface area contributed by atoms with E-state index in [-0.39, 0.29) is 35.6 Å². The van der Waals surface area contributed by atoms with Crippen molar-refractivity contribution in [1.29, 1.82) is 0 Å². The fourth-order valence-electron chi connectivity index (χ4n) is 2.20. The lowest BCUT2D eigenvalue weighted by Gasteiger charge is -2.17. The van der Waals surface area contributed by atoms with Crippen molar-refractivity contribution in [3.05, 3.63) is 82.0 Å². The average Bonchev–Trinajstić information content (AvgIpc) is 2.68. The van der Waals surface area contributed by atoms with E-state index in [0.29, 0.717) is 5.56 Å². The van der Waals surface area contributed by atoms with E-state index in [4.69, 9.17) is 4.74 Å². The number of halogens is 2. The minimum atomic E-state index is -0.836. The van der Waals surface area contributed by atoms with Crippen molar-refractivity contribution < 1.29 is 18.4 Å². The number of aromatic nitrogens is 2. The van der Waals surface area contributed by atoms with Crippen LogP contribution in [0.5, 0.6) is 6.01 Å². The van der Waals surface area contributed by atoms with Crippen LogP contribution in [0.15, 0.2) is 54.7 Å². The molecule has 0 aliphatic heterocycles.